The summed E-state index contributed by atoms with van der Waals surface area (Å²) in [6.45, 7) is 0. The molecule has 2 saturated carbocycles. The van der Waals surface area contributed by atoms with Crippen molar-refractivity contribution in [2.45, 2.75) is 30.6 Å². The minimum Gasteiger partial charge on any atom is -0.507 e. The Morgan fingerprint density at radius 1 is 1.23 bits per heavy atom. The Morgan fingerprint density at radius 2 is 1.90 bits per heavy atom. The summed E-state index contributed by atoms with van der Waals surface area (Å²) in [5, 5.41) is 32.8. The number of benzene rings is 1. The number of carbonyl (C=O) groups excluding carboxylic acids is 4. The summed E-state index contributed by atoms with van der Waals surface area (Å²) >= 11 is 0. The first-order valence-corrected chi connectivity index (χ1v) is 9.81. The molecule has 2 fully saturated rings. The molecule has 3 aliphatic carbocycles. The van der Waals surface area contributed by atoms with Crippen LogP contribution in [0.4, 0.5) is 0 Å². The van der Waals surface area contributed by atoms with Crippen LogP contribution in [0, 0.1) is 23.7 Å². The van der Waals surface area contributed by atoms with Crippen LogP contribution in [0.5, 0.6) is 5.75 Å². The van der Waals surface area contributed by atoms with Gasteiger partial charge in [0, 0.05) is 5.92 Å². The highest BCUT2D eigenvalue weighted by Crippen LogP contribution is 2.52. The molecule has 160 valence electrons. The van der Waals surface area contributed by atoms with E-state index in [1.165, 1.54) is 11.0 Å². The number of carbonyl (C=O) groups is 4. The number of ketones is 3. The molecular weight excluding hydrogens is 392 g/mol. The van der Waals surface area contributed by atoms with Gasteiger partial charge in [0.15, 0.2) is 28.9 Å². The fourth-order valence-electron chi connectivity index (χ4n) is 5.77. The van der Waals surface area contributed by atoms with Crippen LogP contribution in [-0.2, 0) is 20.8 Å². The number of phenolic OH excluding ortho intramolecular Hbond substituents is 1. The van der Waals surface area contributed by atoms with Crippen molar-refractivity contribution < 1.29 is 34.5 Å². The van der Waals surface area contributed by atoms with E-state index < -0.39 is 64.7 Å². The second-order valence-electron chi connectivity index (χ2n) is 8.79. The fraction of sp³-hybridized carbons (Fsp3) is 0.524. The standard InChI is InChI=1S/C21H24N2O7/c1-23(2)15-10-7-9-6-8-4-3-5-11(24)12(8)16(25)13(9)18(27)21(10,30)19(28)14(17(15)26)20(22)29/h3-5,9-10,13-15,18,24,27,30H,6-7H2,1-2H3,(H2,22,29)/t9?,10?,13?,14?,15?,18?,21-/m0/s1. The fourth-order valence-corrected chi connectivity index (χ4v) is 5.77. The minimum absolute atomic E-state index is 0.0646. The van der Waals surface area contributed by atoms with E-state index in [0.717, 1.165) is 0 Å². The molecule has 1 aromatic carbocycles. The molecule has 0 aliphatic heterocycles. The second-order valence-corrected chi connectivity index (χ2v) is 8.79. The van der Waals surface area contributed by atoms with Crippen molar-refractivity contribution in [2.24, 2.45) is 29.4 Å². The van der Waals surface area contributed by atoms with Crippen molar-refractivity contribution >= 4 is 23.3 Å². The van der Waals surface area contributed by atoms with E-state index in [2.05, 4.69) is 0 Å². The van der Waals surface area contributed by atoms with Gasteiger partial charge in [0.25, 0.3) is 0 Å². The number of phenols is 1. The van der Waals surface area contributed by atoms with E-state index in [1.807, 2.05) is 0 Å². The summed E-state index contributed by atoms with van der Waals surface area (Å²) in [7, 11) is 3.16. The average molecular weight is 416 g/mol. The van der Waals surface area contributed by atoms with Gasteiger partial charge >= 0.3 is 0 Å². The van der Waals surface area contributed by atoms with E-state index in [-0.39, 0.29) is 17.7 Å². The predicted octanol–water partition coefficient (Wildman–Crippen LogP) is -1.34. The Morgan fingerprint density at radius 3 is 2.50 bits per heavy atom. The van der Waals surface area contributed by atoms with Gasteiger partial charge in [-0.25, -0.2) is 0 Å². The van der Waals surface area contributed by atoms with Gasteiger partial charge in [-0.1, -0.05) is 12.1 Å². The summed E-state index contributed by atoms with van der Waals surface area (Å²) in [5.41, 5.74) is 3.48. The molecule has 0 radical (unpaired) electrons. The normalized spacial score (nSPS) is 38.1. The second kappa shape index (κ2) is 6.69. The molecule has 4 rings (SSSR count). The minimum atomic E-state index is -2.48. The third kappa shape index (κ3) is 2.52. The Labute approximate surface area is 172 Å². The van der Waals surface area contributed by atoms with Gasteiger partial charge in [0.1, 0.15) is 11.9 Å². The van der Waals surface area contributed by atoms with Crippen LogP contribution in [0.3, 0.4) is 0 Å². The number of likely N-dealkylation sites (N-methyl/N-ethyl adjacent to an activating group) is 1. The number of fused-ring (bicyclic) bond motifs is 3. The van der Waals surface area contributed by atoms with Crippen molar-refractivity contribution in [3.05, 3.63) is 29.3 Å². The quantitative estimate of drug-likeness (QED) is 0.431. The van der Waals surface area contributed by atoms with E-state index in [1.54, 1.807) is 26.2 Å². The number of amides is 1. The van der Waals surface area contributed by atoms with Crippen LogP contribution >= 0.6 is 0 Å². The molecule has 1 amide bonds. The molecule has 5 N–H and O–H groups in total. The summed E-state index contributed by atoms with van der Waals surface area (Å²) < 4.78 is 0. The average Bonchev–Trinajstić information content (AvgIpc) is 2.64. The molecule has 7 atom stereocenters. The van der Waals surface area contributed by atoms with Crippen LogP contribution in [0.1, 0.15) is 22.3 Å². The SMILES string of the molecule is CN(C)C1C(=O)C(C(N)=O)C(=O)[C@@]2(O)C(O)C3C(=O)c4c(O)cccc4CC3CC12. The number of aromatic hydroxyl groups is 1. The van der Waals surface area contributed by atoms with Crippen molar-refractivity contribution in [3.63, 3.8) is 0 Å². The summed E-state index contributed by atoms with van der Waals surface area (Å²) in [6, 6.07) is 3.66. The highest BCUT2D eigenvalue weighted by Gasteiger charge is 2.68. The molecule has 0 heterocycles. The van der Waals surface area contributed by atoms with E-state index in [4.69, 9.17) is 5.73 Å². The van der Waals surface area contributed by atoms with Gasteiger partial charge in [-0.15, -0.1) is 0 Å². The number of nitrogens with zero attached hydrogens (tertiary/aromatic N) is 1. The molecule has 1 aromatic rings. The van der Waals surface area contributed by atoms with Gasteiger partial charge in [0.05, 0.1) is 17.5 Å². The Kier molecular flexibility index (Phi) is 4.61. The van der Waals surface area contributed by atoms with Crippen LogP contribution in [0.15, 0.2) is 18.2 Å². The molecule has 0 aromatic heterocycles. The van der Waals surface area contributed by atoms with Gasteiger partial charge in [-0.2, -0.15) is 0 Å². The lowest BCUT2D eigenvalue weighted by atomic mass is 9.51. The number of hydrogen-bond acceptors (Lipinski definition) is 8. The summed E-state index contributed by atoms with van der Waals surface area (Å²) in [6.07, 6.45) is -1.39. The smallest absolute Gasteiger partial charge is 0.235 e. The zero-order valence-electron chi connectivity index (χ0n) is 16.6. The molecular formula is C21H24N2O7. The van der Waals surface area contributed by atoms with Gasteiger partial charge in [-0.05, 0) is 44.5 Å². The maximum Gasteiger partial charge on any atom is 0.235 e. The van der Waals surface area contributed by atoms with Crippen molar-refractivity contribution in [2.75, 3.05) is 14.1 Å². The highest BCUT2D eigenvalue weighted by atomic mass is 16.4. The van der Waals surface area contributed by atoms with E-state index in [0.29, 0.717) is 12.0 Å². The summed E-state index contributed by atoms with van der Waals surface area (Å²) in [5.74, 6) is -8.38. The van der Waals surface area contributed by atoms with Crippen molar-refractivity contribution in [1.29, 1.82) is 0 Å². The van der Waals surface area contributed by atoms with Crippen molar-refractivity contribution in [1.82, 2.24) is 4.90 Å². The van der Waals surface area contributed by atoms with Crippen molar-refractivity contribution in [3.8, 4) is 5.75 Å². The topological polar surface area (TPSA) is 158 Å². The van der Waals surface area contributed by atoms with Crippen LogP contribution in [0.25, 0.3) is 0 Å². The maximum atomic E-state index is 13.2. The largest absolute Gasteiger partial charge is 0.507 e. The zero-order valence-corrected chi connectivity index (χ0v) is 16.6. The molecule has 0 spiro atoms. The third-order valence-electron chi connectivity index (χ3n) is 7.04. The number of rotatable bonds is 2. The van der Waals surface area contributed by atoms with Gasteiger partial charge < -0.3 is 21.1 Å². The monoisotopic (exact) mass is 416 g/mol. The Bertz CT molecular complexity index is 974. The molecule has 6 unspecified atom stereocenters. The lowest BCUT2D eigenvalue weighted by molar-refractivity contribution is -0.203. The Balaban J connectivity index is 1.86. The number of aliphatic hydroxyl groups is 2. The lowest BCUT2D eigenvalue weighted by Crippen LogP contribution is -2.75. The predicted molar refractivity (Wildman–Crippen MR) is 102 cm³/mol. The number of nitrogens with two attached hydrogens (primary N) is 1. The molecule has 9 nitrogen and oxygen atoms in total. The zero-order chi connectivity index (χ0) is 22.1. The Hall–Kier alpha value is -2.62. The first-order chi connectivity index (χ1) is 14.0. The van der Waals surface area contributed by atoms with E-state index in [9.17, 15) is 34.5 Å². The van der Waals surface area contributed by atoms with Crippen LogP contribution in [0.2, 0.25) is 0 Å². The summed E-state index contributed by atoms with van der Waals surface area (Å²) in [4.78, 5) is 52.6. The number of Topliss-reactive ketones (excluding diaryl/α,β-unsaturated/α-hetero) is 3. The van der Waals surface area contributed by atoms with Crippen LogP contribution < -0.4 is 5.73 Å². The van der Waals surface area contributed by atoms with Gasteiger partial charge in [-0.3, -0.25) is 24.1 Å². The van der Waals surface area contributed by atoms with Crippen LogP contribution in [-0.4, -0.2) is 75.3 Å². The van der Waals surface area contributed by atoms with E-state index >= 15 is 0 Å². The number of primary amides is 1. The lowest BCUT2D eigenvalue weighted by Gasteiger charge is -2.56. The third-order valence-corrected chi connectivity index (χ3v) is 7.04. The first-order valence-electron chi connectivity index (χ1n) is 9.81. The first kappa shape index (κ1) is 20.6. The van der Waals surface area contributed by atoms with Gasteiger partial charge in [0.2, 0.25) is 5.91 Å². The molecule has 9 heteroatoms. The molecule has 0 saturated heterocycles. The molecule has 0 bridgehead atoms. The molecule has 3 aliphatic rings. The maximum absolute atomic E-state index is 13.2. The highest BCUT2D eigenvalue weighted by molar-refractivity contribution is 6.24. The number of hydrogen-bond donors (Lipinski definition) is 4. The number of aliphatic hydroxyl groups excluding tert-OH is 1. The molecule has 30 heavy (non-hydrogen) atoms.